The van der Waals surface area contributed by atoms with Crippen LogP contribution in [0, 0.1) is 0 Å². The largest absolute Gasteiger partial charge is 0.387 e. The van der Waals surface area contributed by atoms with Gasteiger partial charge in [-0.25, -0.2) is 0 Å². The van der Waals surface area contributed by atoms with E-state index in [2.05, 4.69) is 55.6 Å². The smallest absolute Gasteiger partial charge is 0.267 e. The molecule has 0 aliphatic heterocycles. The number of allylic oxidation sites excluding steroid dienone is 7. The number of hydrogen-bond acceptors (Lipinski definition) is 4. The van der Waals surface area contributed by atoms with Gasteiger partial charge in [0.05, 0.1) is 17.9 Å². The zero-order valence-corrected chi connectivity index (χ0v) is 32.6. The van der Waals surface area contributed by atoms with E-state index in [1.165, 1.54) is 115 Å². The second-order valence-electron chi connectivity index (χ2n) is 13.9. The minimum atomic E-state index is -4.36. The SMILES string of the molecule is CCCCCCC/C=C\CCCCCCCC(=O)NC(CS(=O)(=O)O)C(O)/C=C/CC/C=C/CC/C=C/CCCCCCCCCCCC. The van der Waals surface area contributed by atoms with Gasteiger partial charge in [-0.1, -0.05) is 165 Å². The van der Waals surface area contributed by atoms with Gasteiger partial charge in [0, 0.05) is 6.42 Å². The van der Waals surface area contributed by atoms with E-state index in [-0.39, 0.29) is 12.3 Å². The van der Waals surface area contributed by atoms with Gasteiger partial charge in [-0.05, 0) is 70.6 Å². The Morgan fingerprint density at radius 2 is 0.878 bits per heavy atom. The minimum absolute atomic E-state index is 0.273. The first-order chi connectivity index (χ1) is 23.8. The van der Waals surface area contributed by atoms with Crippen LogP contribution in [0.2, 0.25) is 0 Å². The lowest BCUT2D eigenvalue weighted by Crippen LogP contribution is -2.46. The first kappa shape index (κ1) is 47.3. The molecule has 0 aliphatic rings. The average molecular weight is 708 g/mol. The molecule has 49 heavy (non-hydrogen) atoms. The number of rotatable bonds is 36. The molecular weight excluding hydrogens is 631 g/mol. The van der Waals surface area contributed by atoms with E-state index in [1.807, 2.05) is 0 Å². The second kappa shape index (κ2) is 36.1. The predicted octanol–water partition coefficient (Wildman–Crippen LogP) is 11.9. The van der Waals surface area contributed by atoms with Crippen molar-refractivity contribution in [2.24, 2.45) is 0 Å². The topological polar surface area (TPSA) is 104 Å². The van der Waals surface area contributed by atoms with Crippen LogP contribution >= 0.6 is 0 Å². The third-order valence-corrected chi connectivity index (χ3v) is 9.74. The molecule has 0 saturated heterocycles. The van der Waals surface area contributed by atoms with Crippen LogP contribution in [0.3, 0.4) is 0 Å². The molecule has 0 aromatic carbocycles. The Bertz CT molecular complexity index is 956. The van der Waals surface area contributed by atoms with Crippen LogP contribution < -0.4 is 5.32 Å². The molecule has 7 heteroatoms. The molecular formula is C42H77NO5S. The van der Waals surface area contributed by atoms with Crippen molar-refractivity contribution in [3.63, 3.8) is 0 Å². The number of hydrogen-bond donors (Lipinski definition) is 3. The van der Waals surface area contributed by atoms with Crippen LogP contribution in [0.25, 0.3) is 0 Å². The Morgan fingerprint density at radius 3 is 1.29 bits per heavy atom. The standard InChI is InChI=1S/C42H77NO5S/c1-3-5-7-9-11-13-15-17-19-20-21-22-23-24-25-27-29-31-33-35-37-41(44)40(39-49(46,47)48)43-42(45)38-36-34-32-30-28-26-18-16-14-12-10-8-6-4-2/h16,18,22-23,27,29,35,37,40-41,44H,3-15,17,19-21,24-26,28,30-34,36,38-39H2,1-2H3,(H,43,45)(H,46,47,48)/b18-16-,23-22+,29-27+,37-35+. The molecule has 2 unspecified atom stereocenters. The third-order valence-electron chi connectivity index (χ3n) is 8.96. The van der Waals surface area contributed by atoms with Crippen LogP contribution in [0.4, 0.5) is 0 Å². The molecule has 0 aromatic rings. The summed E-state index contributed by atoms with van der Waals surface area (Å²) in [5, 5.41) is 13.2. The molecule has 0 aromatic heterocycles. The van der Waals surface area contributed by atoms with E-state index in [0.717, 1.165) is 51.4 Å². The molecule has 0 radical (unpaired) electrons. The van der Waals surface area contributed by atoms with Crippen LogP contribution in [0.1, 0.15) is 194 Å². The lowest BCUT2D eigenvalue weighted by Gasteiger charge is -2.21. The van der Waals surface area contributed by atoms with E-state index < -0.39 is 28.0 Å². The van der Waals surface area contributed by atoms with Crippen LogP contribution in [0.15, 0.2) is 48.6 Å². The maximum atomic E-state index is 12.5. The van der Waals surface area contributed by atoms with Gasteiger partial charge in [-0.2, -0.15) is 8.42 Å². The summed E-state index contributed by atoms with van der Waals surface area (Å²) in [5.41, 5.74) is 0. The molecule has 0 rings (SSSR count). The Balaban J connectivity index is 4.02. The molecule has 1 amide bonds. The molecule has 2 atom stereocenters. The zero-order chi connectivity index (χ0) is 36.1. The fraction of sp³-hybridized carbons (Fsp3) is 0.786. The summed E-state index contributed by atoms with van der Waals surface area (Å²) >= 11 is 0. The van der Waals surface area contributed by atoms with Gasteiger partial charge < -0.3 is 10.4 Å². The monoisotopic (exact) mass is 708 g/mol. The van der Waals surface area contributed by atoms with Crippen molar-refractivity contribution in [1.29, 1.82) is 0 Å². The van der Waals surface area contributed by atoms with E-state index in [1.54, 1.807) is 6.08 Å². The number of carbonyl (C=O) groups excluding carboxylic acids is 1. The first-order valence-corrected chi connectivity index (χ1v) is 21.9. The summed E-state index contributed by atoms with van der Waals surface area (Å²) in [4.78, 5) is 12.5. The van der Waals surface area contributed by atoms with Crippen molar-refractivity contribution in [3.8, 4) is 0 Å². The molecule has 0 spiro atoms. The number of unbranched alkanes of at least 4 members (excludes halogenated alkanes) is 22. The average Bonchev–Trinajstić information content (AvgIpc) is 3.06. The Hall–Kier alpha value is -1.70. The van der Waals surface area contributed by atoms with Gasteiger partial charge in [0.25, 0.3) is 10.1 Å². The van der Waals surface area contributed by atoms with Crippen LogP contribution in [-0.2, 0) is 14.9 Å². The zero-order valence-electron chi connectivity index (χ0n) is 31.8. The summed E-state index contributed by atoms with van der Waals surface area (Å²) in [6.45, 7) is 4.51. The fourth-order valence-electron chi connectivity index (χ4n) is 5.89. The summed E-state index contributed by atoms with van der Waals surface area (Å²) in [7, 11) is -4.36. The highest BCUT2D eigenvalue weighted by atomic mass is 32.2. The normalized spacial score (nSPS) is 13.8. The third kappa shape index (κ3) is 37.4. The maximum absolute atomic E-state index is 12.5. The van der Waals surface area contributed by atoms with Crippen molar-refractivity contribution >= 4 is 16.0 Å². The quantitative estimate of drug-likeness (QED) is 0.0342. The van der Waals surface area contributed by atoms with E-state index in [9.17, 15) is 22.9 Å². The summed E-state index contributed by atoms with van der Waals surface area (Å²) in [6.07, 6.45) is 48.1. The highest BCUT2D eigenvalue weighted by Crippen LogP contribution is 2.13. The Morgan fingerprint density at radius 1 is 0.531 bits per heavy atom. The predicted molar refractivity (Wildman–Crippen MR) is 212 cm³/mol. The first-order valence-electron chi connectivity index (χ1n) is 20.3. The highest BCUT2D eigenvalue weighted by molar-refractivity contribution is 7.85. The summed E-state index contributed by atoms with van der Waals surface area (Å²) in [6, 6.07) is -1.08. The van der Waals surface area contributed by atoms with Crippen LogP contribution in [0.5, 0.6) is 0 Å². The molecule has 0 bridgehead atoms. The molecule has 0 saturated carbocycles. The number of amides is 1. The van der Waals surface area contributed by atoms with Gasteiger partial charge >= 0.3 is 0 Å². The van der Waals surface area contributed by atoms with Gasteiger partial charge in [-0.15, -0.1) is 0 Å². The van der Waals surface area contributed by atoms with Crippen molar-refractivity contribution in [3.05, 3.63) is 48.6 Å². The van der Waals surface area contributed by atoms with Crippen molar-refractivity contribution in [1.82, 2.24) is 5.32 Å². The molecule has 6 nitrogen and oxygen atoms in total. The molecule has 0 heterocycles. The Kier molecular flexibility index (Phi) is 34.9. The summed E-state index contributed by atoms with van der Waals surface area (Å²) < 4.78 is 32.4. The van der Waals surface area contributed by atoms with Crippen molar-refractivity contribution in [2.75, 3.05) is 5.75 Å². The van der Waals surface area contributed by atoms with Gasteiger partial charge in [0.1, 0.15) is 0 Å². The van der Waals surface area contributed by atoms with Crippen molar-refractivity contribution < 1.29 is 22.9 Å². The number of nitrogens with one attached hydrogen (secondary N) is 1. The molecule has 0 aliphatic carbocycles. The number of aliphatic hydroxyl groups excluding tert-OH is 1. The van der Waals surface area contributed by atoms with E-state index in [4.69, 9.17) is 0 Å². The molecule has 0 fully saturated rings. The number of aliphatic hydroxyl groups is 1. The fourth-order valence-corrected chi connectivity index (χ4v) is 6.62. The number of carbonyl (C=O) groups is 1. The van der Waals surface area contributed by atoms with Gasteiger partial charge in [0.15, 0.2) is 0 Å². The second-order valence-corrected chi connectivity index (χ2v) is 15.4. The highest BCUT2D eigenvalue weighted by Gasteiger charge is 2.24. The van der Waals surface area contributed by atoms with Gasteiger partial charge in [-0.3, -0.25) is 9.35 Å². The van der Waals surface area contributed by atoms with Crippen LogP contribution in [-0.4, -0.2) is 41.9 Å². The Labute approximate surface area is 303 Å². The van der Waals surface area contributed by atoms with E-state index >= 15 is 0 Å². The van der Waals surface area contributed by atoms with Gasteiger partial charge in [0.2, 0.25) is 5.91 Å². The lowest BCUT2D eigenvalue weighted by molar-refractivity contribution is -0.122. The molecule has 286 valence electrons. The van der Waals surface area contributed by atoms with Crippen molar-refractivity contribution in [2.45, 2.75) is 206 Å². The molecule has 3 N–H and O–H groups in total. The van der Waals surface area contributed by atoms with E-state index in [0.29, 0.717) is 12.8 Å². The summed E-state index contributed by atoms with van der Waals surface area (Å²) in [5.74, 6) is -1.02. The minimum Gasteiger partial charge on any atom is -0.387 e. The lowest BCUT2D eigenvalue weighted by atomic mass is 10.1. The maximum Gasteiger partial charge on any atom is 0.267 e.